The minimum atomic E-state index is 0.773. The zero-order valence-corrected chi connectivity index (χ0v) is 12.7. The molecule has 0 spiro atoms. The SMILES string of the molecule is CCn1nc(-c2cccc3ncccc23)cc1-c1cccnn1. The maximum Gasteiger partial charge on any atom is 0.111 e. The van der Waals surface area contributed by atoms with Crippen molar-refractivity contribution in [3.8, 4) is 22.6 Å². The Hall–Kier alpha value is -3.08. The second-order valence-electron chi connectivity index (χ2n) is 5.22. The molecule has 3 heterocycles. The van der Waals surface area contributed by atoms with Gasteiger partial charge in [0.1, 0.15) is 5.69 Å². The van der Waals surface area contributed by atoms with Gasteiger partial charge in [-0.2, -0.15) is 10.2 Å². The third-order valence-corrected chi connectivity index (χ3v) is 3.84. The third kappa shape index (κ3) is 2.36. The first-order chi connectivity index (χ1) is 11.4. The molecule has 0 aliphatic carbocycles. The first kappa shape index (κ1) is 13.6. The molecule has 0 N–H and O–H groups in total. The van der Waals surface area contributed by atoms with E-state index in [1.54, 1.807) is 6.20 Å². The van der Waals surface area contributed by atoms with E-state index in [4.69, 9.17) is 5.10 Å². The summed E-state index contributed by atoms with van der Waals surface area (Å²) in [5.74, 6) is 0. The number of hydrogen-bond acceptors (Lipinski definition) is 4. The van der Waals surface area contributed by atoms with Gasteiger partial charge in [0.15, 0.2) is 0 Å². The highest BCUT2D eigenvalue weighted by Gasteiger charge is 2.13. The lowest BCUT2D eigenvalue weighted by Crippen LogP contribution is -2.00. The summed E-state index contributed by atoms with van der Waals surface area (Å²) in [6.45, 7) is 2.84. The van der Waals surface area contributed by atoms with E-state index in [-0.39, 0.29) is 0 Å². The van der Waals surface area contributed by atoms with Crippen molar-refractivity contribution in [2.45, 2.75) is 13.5 Å². The predicted molar refractivity (Wildman–Crippen MR) is 89.7 cm³/mol. The van der Waals surface area contributed by atoms with Crippen LogP contribution >= 0.6 is 0 Å². The van der Waals surface area contributed by atoms with E-state index < -0.39 is 0 Å². The fraction of sp³-hybridized carbons (Fsp3) is 0.111. The number of nitrogens with zero attached hydrogens (tertiary/aromatic N) is 5. The lowest BCUT2D eigenvalue weighted by molar-refractivity contribution is 0.667. The van der Waals surface area contributed by atoms with E-state index in [0.29, 0.717) is 0 Å². The molecule has 4 rings (SSSR count). The smallest absolute Gasteiger partial charge is 0.111 e. The molecule has 0 saturated heterocycles. The molecule has 0 unspecified atom stereocenters. The number of benzene rings is 1. The van der Waals surface area contributed by atoms with Gasteiger partial charge in [-0.05, 0) is 37.3 Å². The van der Waals surface area contributed by atoms with E-state index in [0.717, 1.165) is 40.1 Å². The summed E-state index contributed by atoms with van der Waals surface area (Å²) >= 11 is 0. The molecule has 5 heteroatoms. The van der Waals surface area contributed by atoms with Gasteiger partial charge < -0.3 is 0 Å². The first-order valence-electron chi connectivity index (χ1n) is 7.57. The molecule has 0 bridgehead atoms. The number of aromatic nitrogens is 5. The Balaban J connectivity index is 1.91. The average molecular weight is 301 g/mol. The molecule has 0 aliphatic rings. The van der Waals surface area contributed by atoms with Crippen LogP contribution in [0, 0.1) is 0 Å². The van der Waals surface area contributed by atoms with Crippen molar-refractivity contribution in [3.05, 3.63) is 60.9 Å². The Morgan fingerprint density at radius 1 is 0.957 bits per heavy atom. The monoisotopic (exact) mass is 301 g/mol. The molecule has 0 atom stereocenters. The van der Waals surface area contributed by atoms with Gasteiger partial charge in [-0.15, -0.1) is 5.10 Å². The number of pyridine rings is 1. The average Bonchev–Trinajstić information content (AvgIpc) is 3.06. The highest BCUT2D eigenvalue weighted by molar-refractivity contribution is 5.93. The standard InChI is InChI=1S/C18H15N5/c1-2-23-18(16-9-5-11-20-21-16)12-17(22-23)14-6-3-8-15-13(14)7-4-10-19-15/h3-12H,2H2,1H3. The molecule has 0 amide bonds. The van der Waals surface area contributed by atoms with Crippen LogP contribution < -0.4 is 0 Å². The highest BCUT2D eigenvalue weighted by atomic mass is 15.3. The largest absolute Gasteiger partial charge is 0.263 e. The fourth-order valence-corrected chi connectivity index (χ4v) is 2.76. The Bertz CT molecular complexity index is 954. The van der Waals surface area contributed by atoms with Crippen molar-refractivity contribution in [2.75, 3.05) is 0 Å². The van der Waals surface area contributed by atoms with E-state index in [2.05, 4.69) is 40.3 Å². The second-order valence-corrected chi connectivity index (χ2v) is 5.22. The molecular formula is C18H15N5. The van der Waals surface area contributed by atoms with Crippen molar-refractivity contribution in [1.29, 1.82) is 0 Å². The van der Waals surface area contributed by atoms with E-state index in [1.807, 2.05) is 41.2 Å². The molecule has 1 aromatic carbocycles. The predicted octanol–water partition coefficient (Wildman–Crippen LogP) is 3.58. The normalized spacial score (nSPS) is 11.0. The summed E-state index contributed by atoms with van der Waals surface area (Å²) in [5.41, 5.74) is 4.76. The Morgan fingerprint density at radius 3 is 2.70 bits per heavy atom. The summed E-state index contributed by atoms with van der Waals surface area (Å²) in [6, 6.07) is 16.0. The maximum absolute atomic E-state index is 4.75. The van der Waals surface area contributed by atoms with Gasteiger partial charge in [0.05, 0.1) is 16.9 Å². The molecular weight excluding hydrogens is 286 g/mol. The van der Waals surface area contributed by atoms with Crippen LogP contribution in [0.25, 0.3) is 33.5 Å². The topological polar surface area (TPSA) is 56.5 Å². The Morgan fingerprint density at radius 2 is 1.87 bits per heavy atom. The summed E-state index contributed by atoms with van der Waals surface area (Å²) in [6.07, 6.45) is 3.48. The van der Waals surface area contributed by atoms with Gasteiger partial charge in [0.2, 0.25) is 0 Å². The van der Waals surface area contributed by atoms with Crippen LogP contribution in [0.4, 0.5) is 0 Å². The molecule has 0 radical (unpaired) electrons. The number of fused-ring (bicyclic) bond motifs is 1. The highest BCUT2D eigenvalue weighted by Crippen LogP contribution is 2.29. The molecule has 3 aromatic heterocycles. The Kier molecular flexibility index (Phi) is 3.31. The minimum Gasteiger partial charge on any atom is -0.263 e. The third-order valence-electron chi connectivity index (χ3n) is 3.84. The number of rotatable bonds is 3. The van der Waals surface area contributed by atoms with Crippen molar-refractivity contribution >= 4 is 10.9 Å². The summed E-state index contributed by atoms with van der Waals surface area (Å²) < 4.78 is 1.95. The van der Waals surface area contributed by atoms with Crippen LogP contribution in [-0.2, 0) is 6.54 Å². The van der Waals surface area contributed by atoms with Gasteiger partial charge in [0, 0.05) is 29.9 Å². The molecule has 0 saturated carbocycles. The van der Waals surface area contributed by atoms with Crippen molar-refractivity contribution in [3.63, 3.8) is 0 Å². The quantitative estimate of drug-likeness (QED) is 0.580. The van der Waals surface area contributed by atoms with Crippen LogP contribution in [0.3, 0.4) is 0 Å². The van der Waals surface area contributed by atoms with Crippen LogP contribution in [0.5, 0.6) is 0 Å². The van der Waals surface area contributed by atoms with Crippen molar-refractivity contribution in [1.82, 2.24) is 25.0 Å². The number of aryl methyl sites for hydroxylation is 1. The van der Waals surface area contributed by atoms with Gasteiger partial charge in [-0.1, -0.05) is 18.2 Å². The molecule has 4 aromatic rings. The first-order valence-corrected chi connectivity index (χ1v) is 7.57. The lowest BCUT2D eigenvalue weighted by Gasteiger charge is -2.03. The molecule has 5 nitrogen and oxygen atoms in total. The van der Waals surface area contributed by atoms with E-state index >= 15 is 0 Å². The van der Waals surface area contributed by atoms with Crippen molar-refractivity contribution < 1.29 is 0 Å². The van der Waals surface area contributed by atoms with Gasteiger partial charge in [-0.25, -0.2) is 0 Å². The van der Waals surface area contributed by atoms with Crippen LogP contribution in [-0.4, -0.2) is 25.0 Å². The van der Waals surface area contributed by atoms with E-state index in [9.17, 15) is 0 Å². The van der Waals surface area contributed by atoms with Gasteiger partial charge in [-0.3, -0.25) is 9.67 Å². The molecule has 0 aliphatic heterocycles. The molecule has 23 heavy (non-hydrogen) atoms. The van der Waals surface area contributed by atoms with E-state index in [1.165, 1.54) is 0 Å². The van der Waals surface area contributed by atoms with Gasteiger partial charge in [0.25, 0.3) is 0 Å². The fourth-order valence-electron chi connectivity index (χ4n) is 2.76. The molecule has 112 valence electrons. The second kappa shape index (κ2) is 5.61. The van der Waals surface area contributed by atoms with Crippen molar-refractivity contribution in [2.24, 2.45) is 0 Å². The summed E-state index contributed by atoms with van der Waals surface area (Å²) in [4.78, 5) is 4.42. The van der Waals surface area contributed by atoms with Crippen LogP contribution in [0.15, 0.2) is 60.9 Å². The summed E-state index contributed by atoms with van der Waals surface area (Å²) in [5, 5.41) is 14.0. The molecule has 0 fully saturated rings. The number of hydrogen-bond donors (Lipinski definition) is 0. The zero-order chi connectivity index (χ0) is 15.6. The van der Waals surface area contributed by atoms with Crippen LogP contribution in [0.2, 0.25) is 0 Å². The summed E-state index contributed by atoms with van der Waals surface area (Å²) in [7, 11) is 0. The Labute approximate surface area is 133 Å². The lowest BCUT2D eigenvalue weighted by atomic mass is 10.1. The van der Waals surface area contributed by atoms with Crippen LogP contribution in [0.1, 0.15) is 6.92 Å². The van der Waals surface area contributed by atoms with Gasteiger partial charge >= 0.3 is 0 Å². The zero-order valence-electron chi connectivity index (χ0n) is 12.7. The maximum atomic E-state index is 4.75. The minimum absolute atomic E-state index is 0.773.